The van der Waals surface area contributed by atoms with Crippen LogP contribution in [-0.4, -0.2) is 43.2 Å². The van der Waals surface area contributed by atoms with Crippen LogP contribution in [0.5, 0.6) is 11.5 Å². The first-order valence-corrected chi connectivity index (χ1v) is 11.0. The summed E-state index contributed by atoms with van der Waals surface area (Å²) in [6.07, 6.45) is 2.83. The highest BCUT2D eigenvalue weighted by Gasteiger charge is 2.25. The molecule has 0 bridgehead atoms. The fourth-order valence-corrected chi connectivity index (χ4v) is 4.01. The molecule has 1 aliphatic carbocycles. The monoisotopic (exact) mass is 471 g/mol. The number of amides is 1. The Morgan fingerprint density at radius 1 is 1.03 bits per heavy atom. The van der Waals surface area contributed by atoms with Gasteiger partial charge in [0.1, 0.15) is 6.10 Å². The molecule has 2 aromatic rings. The van der Waals surface area contributed by atoms with Gasteiger partial charge >= 0.3 is 5.97 Å². The van der Waals surface area contributed by atoms with Crippen molar-refractivity contribution in [2.24, 2.45) is 0 Å². The van der Waals surface area contributed by atoms with Gasteiger partial charge in [0, 0.05) is 37.3 Å². The van der Waals surface area contributed by atoms with E-state index in [1.54, 1.807) is 31.4 Å². The Bertz CT molecular complexity index is 1050. The standard InChI is InChI=1S/C24H29N3O7/c1-15(28)34-19-8-5-17(6-9-19)26-21-10-7-18(27(30)31)13-20(21)24(29)25-14-16-4-11-22(32-2)23(12-16)33-3/h4,7,10-13,17,19,26H,5-6,8-9,14H2,1-3H3,(H,25,29)/t17-,19+. The van der Waals surface area contributed by atoms with Crippen LogP contribution in [0.3, 0.4) is 0 Å². The minimum Gasteiger partial charge on any atom is -0.493 e. The number of benzene rings is 2. The minimum absolute atomic E-state index is 0.0608. The van der Waals surface area contributed by atoms with Gasteiger partial charge in [0.15, 0.2) is 11.5 Å². The Kier molecular flexibility index (Phi) is 8.29. The van der Waals surface area contributed by atoms with Crippen molar-refractivity contribution in [1.82, 2.24) is 5.32 Å². The third-order valence-electron chi connectivity index (χ3n) is 5.73. The largest absolute Gasteiger partial charge is 0.493 e. The summed E-state index contributed by atoms with van der Waals surface area (Å²) in [7, 11) is 3.07. The molecule has 10 nitrogen and oxygen atoms in total. The number of nitro benzene ring substituents is 1. The van der Waals surface area contributed by atoms with Crippen molar-refractivity contribution < 1.29 is 28.7 Å². The summed E-state index contributed by atoms with van der Waals surface area (Å²) in [5.41, 5.74) is 1.33. The van der Waals surface area contributed by atoms with Gasteiger partial charge in [-0.25, -0.2) is 0 Å². The second-order valence-corrected chi connectivity index (χ2v) is 8.09. The predicted molar refractivity (Wildman–Crippen MR) is 125 cm³/mol. The zero-order valence-corrected chi connectivity index (χ0v) is 19.5. The third-order valence-corrected chi connectivity index (χ3v) is 5.73. The molecule has 3 rings (SSSR count). The Hall–Kier alpha value is -3.82. The first kappa shape index (κ1) is 24.8. The Labute approximate surface area is 197 Å². The van der Waals surface area contributed by atoms with Gasteiger partial charge in [-0.1, -0.05) is 6.07 Å². The van der Waals surface area contributed by atoms with E-state index in [4.69, 9.17) is 14.2 Å². The molecule has 1 amide bonds. The number of carbonyl (C=O) groups is 2. The second kappa shape index (κ2) is 11.4. The number of nitro groups is 1. The van der Waals surface area contributed by atoms with E-state index in [1.807, 2.05) is 0 Å². The molecule has 34 heavy (non-hydrogen) atoms. The van der Waals surface area contributed by atoms with Crippen molar-refractivity contribution in [1.29, 1.82) is 0 Å². The van der Waals surface area contributed by atoms with E-state index in [1.165, 1.54) is 26.2 Å². The summed E-state index contributed by atoms with van der Waals surface area (Å²) in [6, 6.07) is 9.57. The number of non-ortho nitro benzene ring substituents is 1. The minimum atomic E-state index is -0.529. The highest BCUT2D eigenvalue weighted by molar-refractivity contribution is 6.00. The molecule has 2 N–H and O–H groups in total. The molecule has 0 saturated heterocycles. The number of nitrogens with zero attached hydrogens (tertiary/aromatic N) is 1. The van der Waals surface area contributed by atoms with E-state index in [-0.39, 0.29) is 35.9 Å². The van der Waals surface area contributed by atoms with Crippen LogP contribution in [0, 0.1) is 10.1 Å². The summed E-state index contributed by atoms with van der Waals surface area (Å²) >= 11 is 0. The van der Waals surface area contributed by atoms with Crippen LogP contribution in [0.1, 0.15) is 48.5 Å². The van der Waals surface area contributed by atoms with Crippen LogP contribution < -0.4 is 20.1 Å². The van der Waals surface area contributed by atoms with E-state index < -0.39 is 10.8 Å². The molecular weight excluding hydrogens is 442 g/mol. The van der Waals surface area contributed by atoms with Crippen molar-refractivity contribution in [3.63, 3.8) is 0 Å². The number of methoxy groups -OCH3 is 2. The Morgan fingerprint density at radius 3 is 2.35 bits per heavy atom. The van der Waals surface area contributed by atoms with E-state index in [9.17, 15) is 19.7 Å². The summed E-state index contributed by atoms with van der Waals surface area (Å²) in [5, 5.41) is 17.5. The Balaban J connectivity index is 1.72. The van der Waals surface area contributed by atoms with Crippen LogP contribution in [0.4, 0.5) is 11.4 Å². The van der Waals surface area contributed by atoms with Crippen LogP contribution >= 0.6 is 0 Å². The van der Waals surface area contributed by atoms with Crippen molar-refractivity contribution in [2.75, 3.05) is 19.5 Å². The molecular formula is C24H29N3O7. The van der Waals surface area contributed by atoms with Gasteiger partial charge in [-0.2, -0.15) is 0 Å². The van der Waals surface area contributed by atoms with Gasteiger partial charge in [-0.3, -0.25) is 19.7 Å². The molecule has 0 aromatic heterocycles. The van der Waals surface area contributed by atoms with Crippen molar-refractivity contribution in [2.45, 2.75) is 51.3 Å². The smallest absolute Gasteiger partial charge is 0.302 e. The molecule has 10 heteroatoms. The van der Waals surface area contributed by atoms with Gasteiger partial charge in [-0.05, 0) is 49.4 Å². The highest BCUT2D eigenvalue weighted by atomic mass is 16.6. The molecule has 0 unspecified atom stereocenters. The van der Waals surface area contributed by atoms with Crippen LogP contribution in [-0.2, 0) is 16.1 Å². The van der Waals surface area contributed by atoms with E-state index in [0.717, 1.165) is 18.4 Å². The van der Waals surface area contributed by atoms with E-state index >= 15 is 0 Å². The lowest BCUT2D eigenvalue weighted by molar-refractivity contribution is -0.384. The highest BCUT2D eigenvalue weighted by Crippen LogP contribution is 2.29. The van der Waals surface area contributed by atoms with Crippen molar-refractivity contribution in [3.05, 3.63) is 57.6 Å². The first-order chi connectivity index (χ1) is 16.3. The number of carbonyl (C=O) groups excluding carboxylic acids is 2. The normalized spacial score (nSPS) is 17.4. The predicted octanol–water partition coefficient (Wildman–Crippen LogP) is 3.83. The molecule has 2 aromatic carbocycles. The van der Waals surface area contributed by atoms with Crippen LogP contribution in [0.25, 0.3) is 0 Å². The van der Waals surface area contributed by atoms with Crippen molar-refractivity contribution in [3.8, 4) is 11.5 Å². The maximum atomic E-state index is 13.0. The maximum absolute atomic E-state index is 13.0. The average Bonchev–Trinajstić information content (AvgIpc) is 2.83. The maximum Gasteiger partial charge on any atom is 0.302 e. The van der Waals surface area contributed by atoms with Gasteiger partial charge in [0.2, 0.25) is 0 Å². The number of hydrogen-bond acceptors (Lipinski definition) is 8. The number of anilines is 1. The molecule has 0 atom stereocenters. The average molecular weight is 472 g/mol. The summed E-state index contributed by atoms with van der Waals surface area (Å²) in [6.45, 7) is 1.60. The number of rotatable bonds is 9. The number of esters is 1. The second-order valence-electron chi connectivity index (χ2n) is 8.09. The van der Waals surface area contributed by atoms with Crippen LogP contribution in [0.2, 0.25) is 0 Å². The SMILES string of the molecule is COc1ccc(CNC(=O)c2cc([N+](=O)[O-])ccc2N[C@H]2CC[C@@H](OC(C)=O)CC2)cc1OC. The molecule has 0 radical (unpaired) electrons. The zero-order chi connectivity index (χ0) is 24.7. The zero-order valence-electron chi connectivity index (χ0n) is 19.5. The lowest BCUT2D eigenvalue weighted by atomic mass is 9.92. The molecule has 1 saturated carbocycles. The summed E-state index contributed by atoms with van der Waals surface area (Å²) in [5.74, 6) is 0.386. The topological polar surface area (TPSA) is 129 Å². The third kappa shape index (κ3) is 6.37. The Morgan fingerprint density at radius 2 is 1.74 bits per heavy atom. The summed E-state index contributed by atoms with van der Waals surface area (Å²) < 4.78 is 15.8. The first-order valence-electron chi connectivity index (χ1n) is 11.0. The van der Waals surface area contributed by atoms with Crippen LogP contribution in [0.15, 0.2) is 36.4 Å². The van der Waals surface area contributed by atoms with Gasteiger partial charge in [-0.15, -0.1) is 0 Å². The number of nitrogens with one attached hydrogen (secondary N) is 2. The quantitative estimate of drug-likeness (QED) is 0.321. The fourth-order valence-electron chi connectivity index (χ4n) is 4.01. The van der Waals surface area contributed by atoms with Crippen molar-refractivity contribution >= 4 is 23.3 Å². The number of ether oxygens (including phenoxy) is 3. The molecule has 0 aliphatic heterocycles. The number of hydrogen-bond donors (Lipinski definition) is 2. The molecule has 0 heterocycles. The molecule has 0 spiro atoms. The molecule has 1 fully saturated rings. The summed E-state index contributed by atoms with van der Waals surface area (Å²) in [4.78, 5) is 35.0. The lowest BCUT2D eigenvalue weighted by Gasteiger charge is -2.29. The van der Waals surface area contributed by atoms with Gasteiger partial charge in [0.25, 0.3) is 11.6 Å². The van der Waals surface area contributed by atoms with Gasteiger partial charge < -0.3 is 24.8 Å². The van der Waals surface area contributed by atoms with Gasteiger partial charge in [0.05, 0.1) is 24.7 Å². The van der Waals surface area contributed by atoms with E-state index in [0.29, 0.717) is 30.0 Å². The molecule has 1 aliphatic rings. The fraction of sp³-hybridized carbons (Fsp3) is 0.417. The lowest BCUT2D eigenvalue weighted by Crippen LogP contribution is -2.32. The molecule has 182 valence electrons. The van der Waals surface area contributed by atoms with E-state index in [2.05, 4.69) is 10.6 Å².